The molecule has 0 fully saturated rings. The number of hydrogen-bond acceptors (Lipinski definition) is 6. The molecule has 0 amide bonds. The number of aromatic nitrogens is 4. The summed E-state index contributed by atoms with van der Waals surface area (Å²) in [5.41, 5.74) is 1.22. The van der Waals surface area contributed by atoms with Crippen LogP contribution in [0.5, 0.6) is 0 Å². The summed E-state index contributed by atoms with van der Waals surface area (Å²) >= 11 is 0. The molecule has 0 unspecified atom stereocenters. The summed E-state index contributed by atoms with van der Waals surface area (Å²) in [7, 11) is -4.26. The van der Waals surface area contributed by atoms with E-state index in [9.17, 15) is 26.9 Å². The number of sulfonamides is 1. The molecule has 3 aromatic rings. The Hall–Kier alpha value is -3.56. The smallest absolute Gasteiger partial charge is 0.244 e. The van der Waals surface area contributed by atoms with E-state index in [0.29, 0.717) is 11.3 Å². The van der Waals surface area contributed by atoms with Gasteiger partial charge in [-0.1, -0.05) is 6.08 Å². The molecule has 3 aromatic heterocycles. The molecule has 0 aromatic carbocycles. The number of halogens is 3. The molecule has 0 atom stereocenters. The fourth-order valence-electron chi connectivity index (χ4n) is 3.02. The fraction of sp³-hybridized carbons (Fsp3) is 0.158. The van der Waals surface area contributed by atoms with Crippen LogP contribution in [-0.4, -0.2) is 47.3 Å². The summed E-state index contributed by atoms with van der Waals surface area (Å²) in [5, 5.41) is 9.95. The monoisotopic (exact) mass is 446 g/mol. The van der Waals surface area contributed by atoms with Crippen LogP contribution >= 0.6 is 0 Å². The van der Waals surface area contributed by atoms with Gasteiger partial charge in [-0.2, -0.15) is 5.26 Å². The first-order valence-electron chi connectivity index (χ1n) is 8.85. The Labute approximate surface area is 174 Å². The highest BCUT2D eigenvalue weighted by Crippen LogP contribution is 2.35. The first kappa shape index (κ1) is 20.7. The van der Waals surface area contributed by atoms with Gasteiger partial charge in [-0.15, -0.1) is 0 Å². The van der Waals surface area contributed by atoms with Crippen LogP contribution in [0.25, 0.3) is 28.2 Å². The van der Waals surface area contributed by atoms with Crippen molar-refractivity contribution in [2.24, 2.45) is 0 Å². The number of fused-ring (bicyclic) bond motifs is 1. The number of nitriles is 1. The van der Waals surface area contributed by atoms with Crippen molar-refractivity contribution >= 4 is 26.8 Å². The Morgan fingerprint density at radius 1 is 1.16 bits per heavy atom. The standard InChI is InChI=1S/C19H13F3N6O2S/c20-5-12(6-21)27-31(29,30)14-9-24-18(25-10-14)17-16(7-23)15-4-11(22)8-26-19(15)28(17)13-2-1-3-13/h1-4,8-10,12,27H,5-6H2. The zero-order valence-corrected chi connectivity index (χ0v) is 16.4. The second-order valence-corrected chi connectivity index (χ2v) is 8.23. The number of nitrogens with one attached hydrogen (secondary N) is 1. The molecular weight excluding hydrogens is 433 g/mol. The van der Waals surface area contributed by atoms with Gasteiger partial charge in [0.25, 0.3) is 0 Å². The van der Waals surface area contributed by atoms with Crippen LogP contribution in [0.4, 0.5) is 13.2 Å². The van der Waals surface area contributed by atoms with Gasteiger partial charge in [0.2, 0.25) is 10.0 Å². The van der Waals surface area contributed by atoms with Gasteiger partial charge in [0.1, 0.15) is 41.5 Å². The minimum Gasteiger partial charge on any atom is -0.290 e. The van der Waals surface area contributed by atoms with Crippen molar-refractivity contribution in [1.29, 1.82) is 5.26 Å². The summed E-state index contributed by atoms with van der Waals surface area (Å²) < 4.78 is 67.2. The third-order valence-corrected chi connectivity index (χ3v) is 6.00. The number of allylic oxidation sites excluding steroid dienone is 4. The van der Waals surface area contributed by atoms with Crippen molar-refractivity contribution in [3.05, 3.63) is 54.3 Å². The van der Waals surface area contributed by atoms with E-state index >= 15 is 0 Å². The molecule has 0 saturated carbocycles. The fourth-order valence-corrected chi connectivity index (χ4v) is 4.10. The van der Waals surface area contributed by atoms with Crippen LogP contribution in [-0.2, 0) is 10.0 Å². The zero-order valence-electron chi connectivity index (χ0n) is 15.6. The van der Waals surface area contributed by atoms with Gasteiger partial charge in [0.05, 0.1) is 30.2 Å². The first-order chi connectivity index (χ1) is 14.9. The van der Waals surface area contributed by atoms with E-state index in [1.54, 1.807) is 22.8 Å². The third-order valence-electron chi connectivity index (χ3n) is 4.52. The van der Waals surface area contributed by atoms with Gasteiger partial charge in [-0.05, 0) is 18.2 Å². The average Bonchev–Trinajstić information content (AvgIpc) is 3.04. The molecule has 0 bridgehead atoms. The molecule has 158 valence electrons. The van der Waals surface area contributed by atoms with Crippen molar-refractivity contribution in [3.8, 4) is 17.6 Å². The van der Waals surface area contributed by atoms with E-state index in [1.807, 2.05) is 10.8 Å². The second kappa shape index (κ2) is 7.93. The SMILES string of the molecule is N#Cc1c(-c2ncc(S(=O)(=O)NC(CF)CF)cn2)n(C2=CC=C2)c2ncc(F)cc12. The quantitative estimate of drug-likeness (QED) is 0.597. The third kappa shape index (κ3) is 3.58. The van der Waals surface area contributed by atoms with Crippen LogP contribution in [0, 0.1) is 17.1 Å². The summed E-state index contributed by atoms with van der Waals surface area (Å²) in [4.78, 5) is 11.7. The van der Waals surface area contributed by atoms with Crippen molar-refractivity contribution in [2.45, 2.75) is 10.9 Å². The van der Waals surface area contributed by atoms with E-state index in [-0.39, 0.29) is 22.5 Å². The lowest BCUT2D eigenvalue weighted by molar-refractivity contribution is 0.334. The van der Waals surface area contributed by atoms with Crippen LogP contribution in [0.1, 0.15) is 5.56 Å². The van der Waals surface area contributed by atoms with E-state index in [2.05, 4.69) is 15.0 Å². The minimum atomic E-state index is -4.26. The van der Waals surface area contributed by atoms with Gasteiger partial charge in [-0.3, -0.25) is 4.57 Å². The molecule has 0 saturated heterocycles. The molecule has 0 aliphatic heterocycles. The van der Waals surface area contributed by atoms with Crippen molar-refractivity contribution in [3.63, 3.8) is 0 Å². The molecule has 8 nitrogen and oxygen atoms in total. The first-order valence-corrected chi connectivity index (χ1v) is 10.3. The number of hydrogen-bond donors (Lipinski definition) is 1. The van der Waals surface area contributed by atoms with Crippen molar-refractivity contribution < 1.29 is 21.6 Å². The van der Waals surface area contributed by atoms with Crippen molar-refractivity contribution in [1.82, 2.24) is 24.2 Å². The molecule has 31 heavy (non-hydrogen) atoms. The lowest BCUT2D eigenvalue weighted by Crippen LogP contribution is -2.38. The van der Waals surface area contributed by atoms with Gasteiger partial charge in [0.15, 0.2) is 5.82 Å². The lowest BCUT2D eigenvalue weighted by Gasteiger charge is -2.14. The van der Waals surface area contributed by atoms with Gasteiger partial charge < -0.3 is 0 Å². The van der Waals surface area contributed by atoms with Crippen molar-refractivity contribution in [2.75, 3.05) is 13.3 Å². The van der Waals surface area contributed by atoms with E-state index in [4.69, 9.17) is 0 Å². The van der Waals surface area contributed by atoms with Crippen LogP contribution in [0.2, 0.25) is 0 Å². The average molecular weight is 446 g/mol. The maximum absolute atomic E-state index is 13.8. The van der Waals surface area contributed by atoms with E-state index in [1.165, 1.54) is 6.07 Å². The predicted molar refractivity (Wildman–Crippen MR) is 105 cm³/mol. The van der Waals surface area contributed by atoms with Crippen LogP contribution in [0.3, 0.4) is 0 Å². The maximum Gasteiger partial charge on any atom is 0.244 e. The Kier molecular flexibility index (Phi) is 5.30. The summed E-state index contributed by atoms with van der Waals surface area (Å²) in [6.45, 7) is -2.43. The molecular formula is C19H13F3N6O2S. The van der Waals surface area contributed by atoms with Crippen LogP contribution < -0.4 is 4.72 Å². The molecule has 3 heterocycles. The number of rotatable bonds is 7. The largest absolute Gasteiger partial charge is 0.290 e. The Morgan fingerprint density at radius 2 is 1.84 bits per heavy atom. The molecule has 1 aliphatic rings. The Bertz CT molecular complexity index is 1370. The molecule has 1 N–H and O–H groups in total. The topological polar surface area (TPSA) is 114 Å². The molecule has 1 aliphatic carbocycles. The Balaban J connectivity index is 1.84. The van der Waals surface area contributed by atoms with Crippen LogP contribution in [0.15, 0.2) is 47.8 Å². The lowest BCUT2D eigenvalue weighted by atomic mass is 10.1. The summed E-state index contributed by atoms with van der Waals surface area (Å²) in [6, 6.07) is 1.65. The predicted octanol–water partition coefficient (Wildman–Crippen LogP) is 2.50. The summed E-state index contributed by atoms with van der Waals surface area (Å²) in [6.07, 6.45) is 8.18. The van der Waals surface area contributed by atoms with E-state index in [0.717, 1.165) is 18.6 Å². The minimum absolute atomic E-state index is 0.0114. The Morgan fingerprint density at radius 3 is 2.39 bits per heavy atom. The number of alkyl halides is 2. The zero-order chi connectivity index (χ0) is 22.2. The van der Waals surface area contributed by atoms with E-state index < -0.39 is 40.1 Å². The second-order valence-electron chi connectivity index (χ2n) is 6.52. The van der Waals surface area contributed by atoms with Gasteiger partial charge >= 0.3 is 0 Å². The van der Waals surface area contributed by atoms with Gasteiger partial charge in [-0.25, -0.2) is 41.3 Å². The highest BCUT2D eigenvalue weighted by Gasteiger charge is 2.26. The molecule has 0 spiro atoms. The van der Waals surface area contributed by atoms with Gasteiger partial charge in [0, 0.05) is 11.1 Å². The number of nitrogens with zero attached hydrogens (tertiary/aromatic N) is 5. The molecule has 4 rings (SSSR count). The highest BCUT2D eigenvalue weighted by atomic mass is 32.2. The maximum atomic E-state index is 13.8. The molecule has 0 radical (unpaired) electrons. The summed E-state index contributed by atoms with van der Waals surface area (Å²) in [5.74, 6) is -0.641. The highest BCUT2D eigenvalue weighted by molar-refractivity contribution is 7.89. The molecule has 12 heteroatoms. The normalized spacial score (nSPS) is 13.3. The number of pyridine rings is 1.